The maximum absolute atomic E-state index is 12.0. The lowest BCUT2D eigenvalue weighted by atomic mass is 10.2. The summed E-state index contributed by atoms with van der Waals surface area (Å²) in [6.07, 6.45) is 4.61. The van der Waals surface area contributed by atoms with Crippen molar-refractivity contribution in [3.05, 3.63) is 23.2 Å². The molecule has 0 fully saturated rings. The van der Waals surface area contributed by atoms with Gasteiger partial charge in [-0.05, 0) is 24.8 Å². The first kappa shape index (κ1) is 15.7. The lowest BCUT2D eigenvalue weighted by molar-refractivity contribution is 0.0520. The molecule has 21 heavy (non-hydrogen) atoms. The first-order valence-corrected chi connectivity index (χ1v) is 8.30. The molecule has 0 spiro atoms. The van der Waals surface area contributed by atoms with Crippen LogP contribution in [0.25, 0.3) is 10.6 Å². The Hall–Kier alpha value is -1.69. The molecule has 114 valence electrons. The molecule has 0 radical (unpaired) electrons. The predicted octanol–water partition coefficient (Wildman–Crippen LogP) is 3.76. The summed E-state index contributed by atoms with van der Waals surface area (Å²) in [6, 6.07) is 3.94. The number of hydrogen-bond donors (Lipinski definition) is 0. The van der Waals surface area contributed by atoms with Crippen molar-refractivity contribution in [1.29, 1.82) is 0 Å². The quantitative estimate of drug-likeness (QED) is 0.550. The summed E-state index contributed by atoms with van der Waals surface area (Å²) in [6.45, 7) is 5.09. The van der Waals surface area contributed by atoms with Gasteiger partial charge in [0, 0.05) is 6.54 Å². The first-order chi connectivity index (χ1) is 10.3. The van der Waals surface area contributed by atoms with E-state index in [1.165, 1.54) is 12.8 Å². The maximum Gasteiger partial charge on any atom is 0.361 e. The summed E-state index contributed by atoms with van der Waals surface area (Å²) in [5, 5.41) is 10.2. The van der Waals surface area contributed by atoms with Crippen LogP contribution in [0.15, 0.2) is 17.5 Å². The van der Waals surface area contributed by atoms with Crippen LogP contribution in [0, 0.1) is 0 Å². The summed E-state index contributed by atoms with van der Waals surface area (Å²) < 4.78 is 6.90. The number of aromatic nitrogens is 3. The van der Waals surface area contributed by atoms with Gasteiger partial charge in [0.15, 0.2) is 5.69 Å². The second-order valence-electron chi connectivity index (χ2n) is 4.77. The van der Waals surface area contributed by atoms with Crippen LogP contribution in [0.2, 0.25) is 0 Å². The molecule has 0 saturated heterocycles. The van der Waals surface area contributed by atoms with Crippen molar-refractivity contribution in [2.45, 2.75) is 46.1 Å². The number of carbonyl (C=O) groups excluding carboxylic acids is 1. The minimum Gasteiger partial charge on any atom is -0.461 e. The van der Waals surface area contributed by atoms with E-state index in [0.717, 1.165) is 30.0 Å². The van der Waals surface area contributed by atoms with E-state index in [2.05, 4.69) is 17.2 Å². The van der Waals surface area contributed by atoms with Gasteiger partial charge < -0.3 is 4.74 Å². The molecule has 0 aliphatic rings. The third kappa shape index (κ3) is 3.91. The van der Waals surface area contributed by atoms with Gasteiger partial charge in [0.05, 0.1) is 11.5 Å². The summed E-state index contributed by atoms with van der Waals surface area (Å²) in [5.74, 6) is -0.402. The molecule has 2 aromatic rings. The fourth-order valence-corrected chi connectivity index (χ4v) is 2.93. The zero-order chi connectivity index (χ0) is 15.1. The minimum absolute atomic E-state index is 0.315. The normalized spacial score (nSPS) is 10.8. The molecule has 0 aliphatic heterocycles. The fraction of sp³-hybridized carbons (Fsp3) is 0.533. The number of esters is 1. The van der Waals surface area contributed by atoms with Gasteiger partial charge in [0.2, 0.25) is 0 Å². The van der Waals surface area contributed by atoms with Crippen molar-refractivity contribution >= 4 is 17.3 Å². The van der Waals surface area contributed by atoms with Crippen LogP contribution in [-0.4, -0.2) is 27.6 Å². The van der Waals surface area contributed by atoms with Crippen molar-refractivity contribution in [3.8, 4) is 10.6 Å². The second kappa shape index (κ2) is 7.93. The number of hydrogen-bond acceptors (Lipinski definition) is 5. The van der Waals surface area contributed by atoms with Gasteiger partial charge in [-0.2, -0.15) is 0 Å². The highest BCUT2D eigenvalue weighted by Crippen LogP contribution is 2.27. The molecule has 0 bridgehead atoms. The van der Waals surface area contributed by atoms with E-state index < -0.39 is 5.97 Å². The number of rotatable bonds is 8. The molecule has 2 rings (SSSR count). The average molecular weight is 307 g/mol. The summed E-state index contributed by atoms with van der Waals surface area (Å²) >= 11 is 1.58. The molecule has 6 heteroatoms. The van der Waals surface area contributed by atoms with Gasteiger partial charge in [-0.15, -0.1) is 16.4 Å². The fourth-order valence-electron chi connectivity index (χ4n) is 2.15. The van der Waals surface area contributed by atoms with E-state index in [0.29, 0.717) is 12.3 Å². The average Bonchev–Trinajstić information content (AvgIpc) is 3.12. The number of aryl methyl sites for hydroxylation is 1. The first-order valence-electron chi connectivity index (χ1n) is 7.42. The zero-order valence-electron chi connectivity index (χ0n) is 12.5. The second-order valence-corrected chi connectivity index (χ2v) is 5.72. The lowest BCUT2D eigenvalue weighted by Gasteiger charge is -2.06. The van der Waals surface area contributed by atoms with Gasteiger partial charge in [-0.25, -0.2) is 9.48 Å². The number of unbranched alkanes of at least 4 members (excludes halogenated alkanes) is 3. The molecule has 0 aliphatic carbocycles. The van der Waals surface area contributed by atoms with E-state index in [1.807, 2.05) is 22.2 Å². The van der Waals surface area contributed by atoms with Crippen molar-refractivity contribution in [1.82, 2.24) is 15.0 Å². The molecule has 2 heterocycles. The van der Waals surface area contributed by atoms with Crippen molar-refractivity contribution in [2.75, 3.05) is 6.61 Å². The molecule has 0 atom stereocenters. The van der Waals surface area contributed by atoms with Gasteiger partial charge in [-0.3, -0.25) is 0 Å². The van der Waals surface area contributed by atoms with E-state index in [9.17, 15) is 4.79 Å². The highest BCUT2D eigenvalue weighted by atomic mass is 32.1. The largest absolute Gasteiger partial charge is 0.461 e. The smallest absolute Gasteiger partial charge is 0.361 e. The van der Waals surface area contributed by atoms with Crippen LogP contribution in [0.5, 0.6) is 0 Å². The van der Waals surface area contributed by atoms with E-state index in [-0.39, 0.29) is 0 Å². The lowest BCUT2D eigenvalue weighted by Crippen LogP contribution is -2.08. The molecule has 2 aromatic heterocycles. The third-order valence-electron chi connectivity index (χ3n) is 3.18. The van der Waals surface area contributed by atoms with Crippen molar-refractivity contribution < 1.29 is 9.53 Å². The zero-order valence-corrected chi connectivity index (χ0v) is 13.4. The highest BCUT2D eigenvalue weighted by molar-refractivity contribution is 7.13. The van der Waals surface area contributed by atoms with Crippen LogP contribution in [0.3, 0.4) is 0 Å². The number of carbonyl (C=O) groups is 1. The SMILES string of the molecule is CCCCCCn1nnc(C(=O)OCC)c1-c1cccs1. The Balaban J connectivity index is 2.22. The molecule has 0 amide bonds. The van der Waals surface area contributed by atoms with Crippen LogP contribution in [0.4, 0.5) is 0 Å². The van der Waals surface area contributed by atoms with Gasteiger partial charge in [0.1, 0.15) is 5.69 Å². The molecule has 0 saturated carbocycles. The Bertz CT molecular complexity index is 563. The monoisotopic (exact) mass is 307 g/mol. The third-order valence-corrected chi connectivity index (χ3v) is 4.06. The Morgan fingerprint density at radius 2 is 2.19 bits per heavy atom. The summed E-state index contributed by atoms with van der Waals surface area (Å²) in [5.41, 5.74) is 1.09. The Kier molecular flexibility index (Phi) is 5.92. The molecular formula is C15H21N3O2S. The van der Waals surface area contributed by atoms with Crippen LogP contribution < -0.4 is 0 Å². The number of thiophene rings is 1. The highest BCUT2D eigenvalue weighted by Gasteiger charge is 2.22. The summed E-state index contributed by atoms with van der Waals surface area (Å²) in [4.78, 5) is 13.0. The Labute approximate surface area is 128 Å². The van der Waals surface area contributed by atoms with E-state index >= 15 is 0 Å². The topological polar surface area (TPSA) is 57.0 Å². The Morgan fingerprint density at radius 3 is 2.86 bits per heavy atom. The van der Waals surface area contributed by atoms with Gasteiger partial charge in [0.25, 0.3) is 0 Å². The van der Waals surface area contributed by atoms with Crippen LogP contribution >= 0.6 is 11.3 Å². The molecule has 0 N–H and O–H groups in total. The van der Waals surface area contributed by atoms with Gasteiger partial charge in [-0.1, -0.05) is 37.5 Å². The number of nitrogens with zero attached hydrogens (tertiary/aromatic N) is 3. The standard InChI is InChI=1S/C15H21N3O2S/c1-3-5-6-7-10-18-14(12-9-8-11-21-12)13(16-17-18)15(19)20-4-2/h8-9,11H,3-7,10H2,1-2H3. The van der Waals surface area contributed by atoms with Crippen molar-refractivity contribution in [2.24, 2.45) is 0 Å². The minimum atomic E-state index is -0.402. The molecular weight excluding hydrogens is 286 g/mol. The summed E-state index contributed by atoms with van der Waals surface area (Å²) in [7, 11) is 0. The Morgan fingerprint density at radius 1 is 1.33 bits per heavy atom. The predicted molar refractivity (Wildman–Crippen MR) is 83.4 cm³/mol. The van der Waals surface area contributed by atoms with Gasteiger partial charge >= 0.3 is 5.97 Å². The van der Waals surface area contributed by atoms with Crippen LogP contribution in [-0.2, 0) is 11.3 Å². The van der Waals surface area contributed by atoms with Crippen LogP contribution in [0.1, 0.15) is 50.0 Å². The molecule has 0 unspecified atom stereocenters. The molecule has 0 aromatic carbocycles. The number of ether oxygens (including phenoxy) is 1. The molecule has 5 nitrogen and oxygen atoms in total. The van der Waals surface area contributed by atoms with E-state index in [4.69, 9.17) is 4.74 Å². The van der Waals surface area contributed by atoms with Crippen molar-refractivity contribution in [3.63, 3.8) is 0 Å². The van der Waals surface area contributed by atoms with E-state index in [1.54, 1.807) is 18.3 Å². The maximum atomic E-state index is 12.0.